The highest BCUT2D eigenvalue weighted by molar-refractivity contribution is 5.96. The lowest BCUT2D eigenvalue weighted by Gasteiger charge is -2.11. The van der Waals surface area contributed by atoms with Crippen LogP contribution in [0.5, 0.6) is 0 Å². The highest BCUT2D eigenvalue weighted by Gasteiger charge is 2.07. The summed E-state index contributed by atoms with van der Waals surface area (Å²) in [4.78, 5) is 19.8. The Labute approximate surface area is 117 Å². The van der Waals surface area contributed by atoms with Gasteiger partial charge in [-0.25, -0.2) is 9.97 Å². The van der Waals surface area contributed by atoms with Gasteiger partial charge in [0.25, 0.3) is 5.91 Å². The van der Waals surface area contributed by atoms with Gasteiger partial charge in [-0.1, -0.05) is 0 Å². The first-order valence-corrected chi connectivity index (χ1v) is 6.37. The fraction of sp³-hybridized carbons (Fsp3) is 0.214. The number of amides is 1. The van der Waals surface area contributed by atoms with E-state index in [-0.39, 0.29) is 5.91 Å². The van der Waals surface area contributed by atoms with Gasteiger partial charge in [-0.2, -0.15) is 0 Å². The van der Waals surface area contributed by atoms with Crippen molar-refractivity contribution in [3.8, 4) is 0 Å². The number of rotatable bonds is 5. The molecule has 2 rings (SSSR count). The Morgan fingerprint density at radius 3 is 2.90 bits per heavy atom. The van der Waals surface area contributed by atoms with Crippen LogP contribution in [0.4, 0.5) is 11.4 Å². The van der Waals surface area contributed by atoms with Crippen molar-refractivity contribution < 1.29 is 4.79 Å². The minimum Gasteiger partial charge on any atom is -0.397 e. The average Bonchev–Trinajstić information content (AvgIpc) is 2.47. The van der Waals surface area contributed by atoms with Gasteiger partial charge >= 0.3 is 0 Å². The zero-order valence-electron chi connectivity index (χ0n) is 11.3. The third kappa shape index (κ3) is 3.44. The highest BCUT2D eigenvalue weighted by atomic mass is 16.1. The van der Waals surface area contributed by atoms with E-state index in [0.717, 1.165) is 5.69 Å². The summed E-state index contributed by atoms with van der Waals surface area (Å²) in [5.41, 5.74) is 8.63. The fourth-order valence-corrected chi connectivity index (χ4v) is 1.72. The topological polar surface area (TPSA) is 92.9 Å². The summed E-state index contributed by atoms with van der Waals surface area (Å²) in [7, 11) is 0. The van der Waals surface area contributed by atoms with Gasteiger partial charge in [-0.3, -0.25) is 4.79 Å². The van der Waals surface area contributed by atoms with Crippen molar-refractivity contribution in [2.24, 2.45) is 0 Å². The van der Waals surface area contributed by atoms with E-state index in [4.69, 9.17) is 5.73 Å². The van der Waals surface area contributed by atoms with Crippen LogP contribution in [-0.2, 0) is 6.54 Å². The molecule has 0 spiro atoms. The minimum atomic E-state index is -0.113. The normalized spacial score (nSPS) is 10.1. The molecule has 20 heavy (non-hydrogen) atoms. The van der Waals surface area contributed by atoms with Crippen molar-refractivity contribution in [1.29, 1.82) is 0 Å². The molecule has 1 aromatic heterocycles. The van der Waals surface area contributed by atoms with E-state index in [1.54, 1.807) is 24.4 Å². The SMILES string of the molecule is CCNC(=O)c1ccc(N)c(NCc2ccncn2)c1. The van der Waals surface area contributed by atoms with Gasteiger partial charge in [0.2, 0.25) is 0 Å². The summed E-state index contributed by atoms with van der Waals surface area (Å²) in [6, 6.07) is 6.97. The van der Waals surface area contributed by atoms with Crippen LogP contribution >= 0.6 is 0 Å². The first-order valence-electron chi connectivity index (χ1n) is 6.37. The number of carbonyl (C=O) groups is 1. The van der Waals surface area contributed by atoms with Gasteiger partial charge in [-0.05, 0) is 31.2 Å². The Kier molecular flexibility index (Phi) is 4.49. The first-order chi connectivity index (χ1) is 9.70. The van der Waals surface area contributed by atoms with Crippen molar-refractivity contribution >= 4 is 17.3 Å². The highest BCUT2D eigenvalue weighted by Crippen LogP contribution is 2.20. The maximum absolute atomic E-state index is 11.8. The van der Waals surface area contributed by atoms with Crippen LogP contribution in [0.2, 0.25) is 0 Å². The van der Waals surface area contributed by atoms with Crippen molar-refractivity contribution in [1.82, 2.24) is 15.3 Å². The molecule has 6 heteroatoms. The molecule has 1 aromatic carbocycles. The number of hydrogen-bond acceptors (Lipinski definition) is 5. The summed E-state index contributed by atoms with van der Waals surface area (Å²) in [6.07, 6.45) is 3.17. The van der Waals surface area contributed by atoms with E-state index in [1.165, 1.54) is 6.33 Å². The molecule has 0 atom stereocenters. The second-order valence-corrected chi connectivity index (χ2v) is 4.22. The molecule has 0 fully saturated rings. The lowest BCUT2D eigenvalue weighted by atomic mass is 10.1. The molecule has 0 bridgehead atoms. The average molecular weight is 271 g/mol. The molecule has 1 heterocycles. The summed E-state index contributed by atoms with van der Waals surface area (Å²) < 4.78 is 0. The largest absolute Gasteiger partial charge is 0.397 e. The Morgan fingerprint density at radius 1 is 1.35 bits per heavy atom. The predicted molar refractivity (Wildman–Crippen MR) is 78.2 cm³/mol. The van der Waals surface area contributed by atoms with Gasteiger partial charge in [0.05, 0.1) is 23.6 Å². The van der Waals surface area contributed by atoms with Gasteiger partial charge < -0.3 is 16.4 Å². The van der Waals surface area contributed by atoms with E-state index in [9.17, 15) is 4.79 Å². The van der Waals surface area contributed by atoms with Crippen LogP contribution in [0.25, 0.3) is 0 Å². The third-order valence-electron chi connectivity index (χ3n) is 2.76. The van der Waals surface area contributed by atoms with Gasteiger partial charge in [-0.15, -0.1) is 0 Å². The zero-order chi connectivity index (χ0) is 14.4. The molecule has 0 saturated heterocycles. The van der Waals surface area contributed by atoms with Crippen LogP contribution in [0.1, 0.15) is 23.0 Å². The number of aromatic nitrogens is 2. The lowest BCUT2D eigenvalue weighted by Crippen LogP contribution is -2.22. The molecule has 1 amide bonds. The zero-order valence-corrected chi connectivity index (χ0v) is 11.3. The second kappa shape index (κ2) is 6.51. The molecule has 104 valence electrons. The lowest BCUT2D eigenvalue weighted by molar-refractivity contribution is 0.0956. The third-order valence-corrected chi connectivity index (χ3v) is 2.76. The monoisotopic (exact) mass is 271 g/mol. The molecular formula is C14H17N5O. The van der Waals surface area contributed by atoms with Crippen LogP contribution in [-0.4, -0.2) is 22.4 Å². The Balaban J connectivity index is 2.10. The van der Waals surface area contributed by atoms with E-state index in [1.807, 2.05) is 13.0 Å². The number of nitrogens with two attached hydrogens (primary N) is 1. The van der Waals surface area contributed by atoms with E-state index >= 15 is 0 Å². The summed E-state index contributed by atoms with van der Waals surface area (Å²) >= 11 is 0. The van der Waals surface area contributed by atoms with Gasteiger partial charge in [0, 0.05) is 18.3 Å². The number of nitrogens with one attached hydrogen (secondary N) is 2. The van der Waals surface area contributed by atoms with Gasteiger partial charge in [0.1, 0.15) is 6.33 Å². The summed E-state index contributed by atoms with van der Waals surface area (Å²) in [6.45, 7) is 2.99. The molecule has 6 nitrogen and oxygen atoms in total. The number of nitrogens with zero attached hydrogens (tertiary/aromatic N) is 2. The number of nitrogen functional groups attached to an aromatic ring is 1. The molecule has 0 saturated carbocycles. The van der Waals surface area contributed by atoms with Crippen LogP contribution < -0.4 is 16.4 Å². The fourth-order valence-electron chi connectivity index (χ4n) is 1.72. The van der Waals surface area contributed by atoms with Crippen LogP contribution in [0.3, 0.4) is 0 Å². The molecule has 0 unspecified atom stereocenters. The van der Waals surface area contributed by atoms with Crippen LogP contribution in [0.15, 0.2) is 36.8 Å². The minimum absolute atomic E-state index is 0.113. The molecule has 2 aromatic rings. The maximum Gasteiger partial charge on any atom is 0.251 e. The van der Waals surface area contributed by atoms with E-state index in [0.29, 0.717) is 30.0 Å². The smallest absolute Gasteiger partial charge is 0.251 e. The first kappa shape index (κ1) is 13.8. The Bertz CT molecular complexity index is 585. The van der Waals surface area contributed by atoms with Gasteiger partial charge in [0.15, 0.2) is 0 Å². The number of hydrogen-bond donors (Lipinski definition) is 3. The van der Waals surface area contributed by atoms with Crippen molar-refractivity contribution in [2.45, 2.75) is 13.5 Å². The van der Waals surface area contributed by atoms with Crippen molar-refractivity contribution in [2.75, 3.05) is 17.6 Å². The summed E-state index contributed by atoms with van der Waals surface area (Å²) in [5, 5.41) is 5.93. The second-order valence-electron chi connectivity index (χ2n) is 4.22. The number of anilines is 2. The molecule has 0 aliphatic heterocycles. The van der Waals surface area contributed by atoms with Crippen LogP contribution in [0, 0.1) is 0 Å². The Morgan fingerprint density at radius 2 is 2.20 bits per heavy atom. The van der Waals surface area contributed by atoms with Crippen molar-refractivity contribution in [3.63, 3.8) is 0 Å². The quantitative estimate of drug-likeness (QED) is 0.715. The molecular weight excluding hydrogens is 254 g/mol. The number of carbonyl (C=O) groups excluding carboxylic acids is 1. The predicted octanol–water partition coefficient (Wildman–Crippen LogP) is 1.42. The van der Waals surface area contributed by atoms with E-state index < -0.39 is 0 Å². The number of benzene rings is 1. The maximum atomic E-state index is 11.8. The standard InChI is InChI=1S/C14H17N5O/c1-2-17-14(20)10-3-4-12(15)13(7-10)18-8-11-5-6-16-9-19-11/h3-7,9,18H,2,8,15H2,1H3,(H,17,20). The van der Waals surface area contributed by atoms with Crippen molar-refractivity contribution in [3.05, 3.63) is 48.0 Å². The summed E-state index contributed by atoms with van der Waals surface area (Å²) in [5.74, 6) is -0.113. The molecule has 0 radical (unpaired) electrons. The molecule has 4 N–H and O–H groups in total. The molecule has 0 aliphatic carbocycles. The molecule has 0 aliphatic rings. The van der Waals surface area contributed by atoms with E-state index in [2.05, 4.69) is 20.6 Å². The Hall–Kier alpha value is -2.63.